The van der Waals surface area contributed by atoms with Crippen molar-refractivity contribution in [3.63, 3.8) is 0 Å². The summed E-state index contributed by atoms with van der Waals surface area (Å²) in [5.41, 5.74) is 1.81. The number of aryl methyl sites for hydroxylation is 1. The minimum Gasteiger partial charge on any atom is -0.338 e. The molecule has 2 rings (SSSR count). The fourth-order valence-electron chi connectivity index (χ4n) is 2.02. The fourth-order valence-corrected chi connectivity index (χ4v) is 2.02. The molecule has 2 aromatic rings. The van der Waals surface area contributed by atoms with E-state index in [0.717, 1.165) is 36.3 Å². The molecule has 4 heteroatoms. The van der Waals surface area contributed by atoms with Crippen LogP contribution in [0.15, 0.2) is 30.6 Å². The molecule has 3 nitrogen and oxygen atoms in total. The van der Waals surface area contributed by atoms with Crippen molar-refractivity contribution in [1.29, 1.82) is 0 Å². The summed E-state index contributed by atoms with van der Waals surface area (Å²) in [4.78, 5) is 4.29. The molecule has 0 amide bonds. The molecule has 19 heavy (non-hydrogen) atoms. The number of halogens is 1. The van der Waals surface area contributed by atoms with Gasteiger partial charge < -0.3 is 9.88 Å². The quantitative estimate of drug-likeness (QED) is 0.810. The predicted octanol–water partition coefficient (Wildman–Crippen LogP) is 2.65. The Bertz CT molecular complexity index is 534. The predicted molar refractivity (Wildman–Crippen MR) is 74.4 cm³/mol. The van der Waals surface area contributed by atoms with Crippen molar-refractivity contribution in [2.24, 2.45) is 7.05 Å². The van der Waals surface area contributed by atoms with E-state index >= 15 is 0 Å². The molecule has 1 heterocycles. The SMILES string of the molecule is CCCNCc1cc(Cc2nccn2C)ccc1F. The Labute approximate surface area is 113 Å². The second-order valence-electron chi connectivity index (χ2n) is 4.73. The third-order valence-electron chi connectivity index (χ3n) is 3.14. The zero-order chi connectivity index (χ0) is 13.7. The number of nitrogens with zero attached hydrogens (tertiary/aromatic N) is 2. The normalized spacial score (nSPS) is 10.9. The Kier molecular flexibility index (Phi) is 4.68. The minimum absolute atomic E-state index is 0.146. The summed E-state index contributed by atoms with van der Waals surface area (Å²) in [6.45, 7) is 3.58. The van der Waals surface area contributed by atoms with Crippen LogP contribution in [0.4, 0.5) is 4.39 Å². The molecular formula is C15H20FN3. The first-order valence-electron chi connectivity index (χ1n) is 6.65. The molecule has 102 valence electrons. The van der Waals surface area contributed by atoms with E-state index in [4.69, 9.17) is 0 Å². The van der Waals surface area contributed by atoms with Crippen LogP contribution in [0.3, 0.4) is 0 Å². The van der Waals surface area contributed by atoms with E-state index in [0.29, 0.717) is 6.54 Å². The van der Waals surface area contributed by atoms with Crippen LogP contribution < -0.4 is 5.32 Å². The maximum Gasteiger partial charge on any atom is 0.127 e. The monoisotopic (exact) mass is 261 g/mol. The number of hydrogen-bond acceptors (Lipinski definition) is 2. The molecule has 0 atom stereocenters. The van der Waals surface area contributed by atoms with Gasteiger partial charge in [-0.15, -0.1) is 0 Å². The molecule has 0 unspecified atom stereocenters. The highest BCUT2D eigenvalue weighted by Gasteiger charge is 2.06. The second-order valence-corrected chi connectivity index (χ2v) is 4.73. The first kappa shape index (κ1) is 13.7. The van der Waals surface area contributed by atoms with E-state index in [1.807, 2.05) is 29.9 Å². The van der Waals surface area contributed by atoms with Crippen LogP contribution in [0.25, 0.3) is 0 Å². The van der Waals surface area contributed by atoms with Gasteiger partial charge in [0.05, 0.1) is 0 Å². The first-order chi connectivity index (χ1) is 9.20. The standard InChI is InChI=1S/C15H20FN3/c1-3-6-17-11-13-9-12(4-5-14(13)16)10-15-18-7-8-19(15)2/h4-5,7-9,17H,3,6,10-11H2,1-2H3. The lowest BCUT2D eigenvalue weighted by Gasteiger charge is -2.08. The summed E-state index contributed by atoms with van der Waals surface area (Å²) in [7, 11) is 1.97. The summed E-state index contributed by atoms with van der Waals surface area (Å²) in [6, 6.07) is 5.29. The van der Waals surface area contributed by atoms with Gasteiger partial charge >= 0.3 is 0 Å². The Morgan fingerprint density at radius 2 is 2.21 bits per heavy atom. The van der Waals surface area contributed by atoms with Gasteiger partial charge in [0.1, 0.15) is 11.6 Å². The third-order valence-corrected chi connectivity index (χ3v) is 3.14. The molecule has 0 radical (unpaired) electrons. The minimum atomic E-state index is -0.146. The van der Waals surface area contributed by atoms with E-state index in [9.17, 15) is 4.39 Å². The number of rotatable bonds is 6. The van der Waals surface area contributed by atoms with Gasteiger partial charge in [0, 0.05) is 38.0 Å². The van der Waals surface area contributed by atoms with Crippen LogP contribution in [0.5, 0.6) is 0 Å². The molecule has 0 saturated carbocycles. The number of nitrogens with one attached hydrogen (secondary N) is 1. The van der Waals surface area contributed by atoms with Gasteiger partial charge in [0.25, 0.3) is 0 Å². The molecular weight excluding hydrogens is 241 g/mol. The third kappa shape index (κ3) is 3.64. The molecule has 1 N–H and O–H groups in total. The lowest BCUT2D eigenvalue weighted by Crippen LogP contribution is -2.15. The van der Waals surface area contributed by atoms with E-state index < -0.39 is 0 Å². The van der Waals surface area contributed by atoms with Crippen molar-refractivity contribution in [3.8, 4) is 0 Å². The summed E-state index contributed by atoms with van der Waals surface area (Å²) >= 11 is 0. The molecule has 1 aromatic carbocycles. The lowest BCUT2D eigenvalue weighted by molar-refractivity contribution is 0.585. The highest BCUT2D eigenvalue weighted by atomic mass is 19.1. The summed E-state index contributed by atoms with van der Waals surface area (Å²) in [5, 5.41) is 3.23. The summed E-state index contributed by atoms with van der Waals surface area (Å²) < 4.78 is 15.7. The molecule has 0 aliphatic rings. The number of imidazole rings is 1. The Balaban J connectivity index is 2.09. The smallest absolute Gasteiger partial charge is 0.127 e. The van der Waals surface area contributed by atoms with Gasteiger partial charge in [-0.1, -0.05) is 19.1 Å². The zero-order valence-corrected chi connectivity index (χ0v) is 11.5. The van der Waals surface area contributed by atoms with Crippen molar-refractivity contribution in [2.45, 2.75) is 26.3 Å². The molecule has 0 bridgehead atoms. The second kappa shape index (κ2) is 6.48. The highest BCUT2D eigenvalue weighted by Crippen LogP contribution is 2.13. The average Bonchev–Trinajstić information content (AvgIpc) is 2.79. The summed E-state index contributed by atoms with van der Waals surface area (Å²) in [5.74, 6) is 0.839. The highest BCUT2D eigenvalue weighted by molar-refractivity contribution is 5.27. The maximum absolute atomic E-state index is 13.7. The van der Waals surface area contributed by atoms with E-state index in [-0.39, 0.29) is 5.82 Å². The van der Waals surface area contributed by atoms with Crippen LogP contribution >= 0.6 is 0 Å². The van der Waals surface area contributed by atoms with Crippen LogP contribution in [0, 0.1) is 5.82 Å². The van der Waals surface area contributed by atoms with Crippen molar-refractivity contribution in [3.05, 3.63) is 53.4 Å². The Hall–Kier alpha value is -1.68. The molecule has 0 fully saturated rings. The molecule has 0 aliphatic carbocycles. The van der Waals surface area contributed by atoms with Gasteiger partial charge in [0.15, 0.2) is 0 Å². The Morgan fingerprint density at radius 3 is 2.89 bits per heavy atom. The molecule has 0 saturated heterocycles. The molecule has 0 spiro atoms. The maximum atomic E-state index is 13.7. The van der Waals surface area contributed by atoms with Crippen molar-refractivity contribution in [2.75, 3.05) is 6.54 Å². The fraction of sp³-hybridized carbons (Fsp3) is 0.400. The van der Waals surface area contributed by atoms with Gasteiger partial charge in [-0.25, -0.2) is 9.37 Å². The van der Waals surface area contributed by atoms with E-state index in [2.05, 4.69) is 17.2 Å². The molecule has 1 aromatic heterocycles. The first-order valence-corrected chi connectivity index (χ1v) is 6.65. The lowest BCUT2D eigenvalue weighted by atomic mass is 10.1. The number of benzene rings is 1. The zero-order valence-electron chi connectivity index (χ0n) is 11.5. The topological polar surface area (TPSA) is 29.9 Å². The average molecular weight is 261 g/mol. The van der Waals surface area contributed by atoms with Crippen molar-refractivity contribution >= 4 is 0 Å². The van der Waals surface area contributed by atoms with Crippen molar-refractivity contribution < 1.29 is 4.39 Å². The largest absolute Gasteiger partial charge is 0.338 e. The van der Waals surface area contributed by atoms with Gasteiger partial charge in [0.2, 0.25) is 0 Å². The van der Waals surface area contributed by atoms with Crippen molar-refractivity contribution in [1.82, 2.24) is 14.9 Å². The Morgan fingerprint density at radius 1 is 1.37 bits per heavy atom. The molecule has 0 aliphatic heterocycles. The van der Waals surface area contributed by atoms with Crippen LogP contribution in [0.1, 0.15) is 30.3 Å². The number of aromatic nitrogens is 2. The van der Waals surface area contributed by atoms with Crippen LogP contribution in [0.2, 0.25) is 0 Å². The van der Waals surface area contributed by atoms with E-state index in [1.165, 1.54) is 0 Å². The van der Waals surface area contributed by atoms with Gasteiger partial charge in [-0.3, -0.25) is 0 Å². The summed E-state index contributed by atoms with van der Waals surface area (Å²) in [6.07, 6.45) is 5.48. The number of hydrogen-bond donors (Lipinski definition) is 1. The van der Waals surface area contributed by atoms with Gasteiger partial charge in [-0.05, 0) is 24.6 Å². The van der Waals surface area contributed by atoms with Gasteiger partial charge in [-0.2, -0.15) is 0 Å². The van der Waals surface area contributed by atoms with Crippen LogP contribution in [-0.4, -0.2) is 16.1 Å². The van der Waals surface area contributed by atoms with E-state index in [1.54, 1.807) is 12.3 Å². The van der Waals surface area contributed by atoms with Crippen LogP contribution in [-0.2, 0) is 20.0 Å².